The van der Waals surface area contributed by atoms with Gasteiger partial charge in [0, 0.05) is 0 Å². The summed E-state index contributed by atoms with van der Waals surface area (Å²) in [5.74, 6) is -0.722. The summed E-state index contributed by atoms with van der Waals surface area (Å²) < 4.78 is 16.2. The van der Waals surface area contributed by atoms with E-state index in [0.717, 1.165) is 0 Å². The van der Waals surface area contributed by atoms with Gasteiger partial charge in [0.1, 0.15) is 18.3 Å². The number of aliphatic hydroxyl groups is 2. The highest BCUT2D eigenvalue weighted by molar-refractivity contribution is 4.94. The summed E-state index contributed by atoms with van der Waals surface area (Å²) in [4.78, 5) is 0. The third-order valence-electron chi connectivity index (χ3n) is 2.53. The Labute approximate surface area is 82.6 Å². The van der Waals surface area contributed by atoms with Gasteiger partial charge in [0.05, 0.1) is 6.10 Å². The first-order valence-electron chi connectivity index (χ1n) is 4.78. The van der Waals surface area contributed by atoms with Crippen LogP contribution >= 0.6 is 0 Å². The lowest BCUT2D eigenvalue weighted by Gasteiger charge is -2.24. The van der Waals surface area contributed by atoms with E-state index in [1.165, 1.54) is 0 Å². The molecule has 2 aliphatic rings. The first kappa shape index (κ1) is 10.3. The molecule has 0 spiro atoms. The van der Waals surface area contributed by atoms with Gasteiger partial charge in [-0.1, -0.05) is 0 Å². The second kappa shape index (κ2) is 3.15. The van der Waals surface area contributed by atoms with Gasteiger partial charge in [-0.05, 0) is 20.8 Å². The Morgan fingerprint density at radius 1 is 1.29 bits per heavy atom. The molecule has 0 saturated carbocycles. The van der Waals surface area contributed by atoms with Crippen molar-refractivity contribution in [3.8, 4) is 0 Å². The van der Waals surface area contributed by atoms with Crippen LogP contribution in [0.25, 0.3) is 0 Å². The molecule has 2 aliphatic heterocycles. The molecule has 2 fully saturated rings. The monoisotopic (exact) mass is 204 g/mol. The molecule has 0 unspecified atom stereocenters. The van der Waals surface area contributed by atoms with E-state index in [1.54, 1.807) is 20.8 Å². The Hall–Kier alpha value is -0.200. The van der Waals surface area contributed by atoms with Crippen molar-refractivity contribution in [2.75, 3.05) is 0 Å². The summed E-state index contributed by atoms with van der Waals surface area (Å²) in [7, 11) is 0. The zero-order valence-corrected chi connectivity index (χ0v) is 8.51. The van der Waals surface area contributed by atoms with Gasteiger partial charge >= 0.3 is 0 Å². The van der Waals surface area contributed by atoms with Crippen LogP contribution in [-0.4, -0.2) is 46.7 Å². The van der Waals surface area contributed by atoms with E-state index in [1.807, 2.05) is 0 Å². The first-order chi connectivity index (χ1) is 6.41. The molecule has 5 atom stereocenters. The predicted octanol–water partition coefficient (Wildman–Crippen LogP) is -0.396. The zero-order chi connectivity index (χ0) is 10.5. The topological polar surface area (TPSA) is 68.2 Å². The highest BCUT2D eigenvalue weighted by Gasteiger charge is 2.55. The first-order valence-corrected chi connectivity index (χ1v) is 4.78. The Morgan fingerprint density at radius 2 is 1.93 bits per heavy atom. The Morgan fingerprint density at radius 3 is 2.43 bits per heavy atom. The van der Waals surface area contributed by atoms with Gasteiger partial charge in [-0.2, -0.15) is 0 Å². The lowest BCUT2D eigenvalue weighted by Crippen LogP contribution is -2.39. The molecule has 0 amide bonds. The molecule has 5 nitrogen and oxygen atoms in total. The molecule has 2 rings (SSSR count). The predicted molar refractivity (Wildman–Crippen MR) is 46.4 cm³/mol. The number of hydrogen-bond donors (Lipinski definition) is 2. The van der Waals surface area contributed by atoms with Crippen molar-refractivity contribution in [3.05, 3.63) is 0 Å². The van der Waals surface area contributed by atoms with Crippen LogP contribution in [0.3, 0.4) is 0 Å². The molecular formula is C9H16O5. The third kappa shape index (κ3) is 1.55. The van der Waals surface area contributed by atoms with Crippen LogP contribution in [0.1, 0.15) is 20.8 Å². The number of hydrogen-bond acceptors (Lipinski definition) is 5. The van der Waals surface area contributed by atoms with Crippen LogP contribution in [-0.2, 0) is 14.2 Å². The minimum atomic E-state index is -0.832. The lowest BCUT2D eigenvalue weighted by molar-refractivity contribution is -0.224. The van der Waals surface area contributed by atoms with Crippen molar-refractivity contribution < 1.29 is 24.4 Å². The SMILES string of the molecule is C[C@H](O)[C@H]1O[C@@H]2OC(C)(C)O[C@@H]2[C@H]1O. The molecule has 2 heterocycles. The minimum Gasteiger partial charge on any atom is -0.391 e. The number of ether oxygens (including phenoxy) is 3. The number of fused-ring (bicyclic) bond motifs is 1. The minimum absolute atomic E-state index is 0.496. The highest BCUT2D eigenvalue weighted by Crippen LogP contribution is 2.37. The second-order valence-corrected chi connectivity index (χ2v) is 4.30. The van der Waals surface area contributed by atoms with E-state index in [2.05, 4.69) is 0 Å². The van der Waals surface area contributed by atoms with Gasteiger partial charge in [0.25, 0.3) is 0 Å². The maximum absolute atomic E-state index is 9.77. The van der Waals surface area contributed by atoms with Crippen molar-refractivity contribution in [2.24, 2.45) is 0 Å². The van der Waals surface area contributed by atoms with E-state index < -0.39 is 36.5 Å². The van der Waals surface area contributed by atoms with Gasteiger partial charge in [-0.15, -0.1) is 0 Å². The fourth-order valence-corrected chi connectivity index (χ4v) is 1.92. The molecule has 0 aromatic carbocycles. The van der Waals surface area contributed by atoms with Crippen molar-refractivity contribution in [1.82, 2.24) is 0 Å². The Bertz CT molecular complexity index is 225. The molecule has 0 bridgehead atoms. The maximum Gasteiger partial charge on any atom is 0.190 e. The maximum atomic E-state index is 9.77. The van der Waals surface area contributed by atoms with Crippen molar-refractivity contribution in [3.63, 3.8) is 0 Å². The summed E-state index contributed by atoms with van der Waals surface area (Å²) in [5.41, 5.74) is 0. The average Bonchev–Trinajstić information content (AvgIpc) is 2.46. The molecule has 0 aromatic heterocycles. The number of aliphatic hydroxyl groups excluding tert-OH is 2. The van der Waals surface area contributed by atoms with E-state index in [4.69, 9.17) is 14.2 Å². The molecule has 0 aromatic rings. The standard InChI is InChI=1S/C9H16O5/c1-4(10)6-5(11)7-8(12-6)14-9(2,3)13-7/h4-8,10-11H,1-3H3/t4-,5-,6+,7+,8+/m0/s1. The van der Waals surface area contributed by atoms with Gasteiger partial charge in [0.2, 0.25) is 0 Å². The van der Waals surface area contributed by atoms with Crippen LogP contribution < -0.4 is 0 Å². The molecule has 82 valence electrons. The zero-order valence-electron chi connectivity index (χ0n) is 8.51. The molecule has 5 heteroatoms. The third-order valence-corrected chi connectivity index (χ3v) is 2.53. The summed E-state index contributed by atoms with van der Waals surface area (Å²) in [5, 5.41) is 19.1. The van der Waals surface area contributed by atoms with Gasteiger partial charge in [-0.25, -0.2) is 0 Å². The Balaban J connectivity index is 2.08. The summed E-state index contributed by atoms with van der Waals surface area (Å²) in [6.45, 7) is 5.09. The Kier molecular flexibility index (Phi) is 2.32. The lowest BCUT2D eigenvalue weighted by atomic mass is 10.1. The largest absolute Gasteiger partial charge is 0.391 e. The summed E-state index contributed by atoms with van der Waals surface area (Å²) >= 11 is 0. The van der Waals surface area contributed by atoms with Crippen LogP contribution in [0, 0.1) is 0 Å². The molecule has 0 radical (unpaired) electrons. The van der Waals surface area contributed by atoms with Crippen LogP contribution in [0.15, 0.2) is 0 Å². The van der Waals surface area contributed by atoms with Crippen molar-refractivity contribution in [2.45, 2.75) is 57.3 Å². The van der Waals surface area contributed by atoms with Gasteiger partial charge in [0.15, 0.2) is 12.1 Å². The van der Waals surface area contributed by atoms with Crippen molar-refractivity contribution >= 4 is 0 Å². The van der Waals surface area contributed by atoms with E-state index in [-0.39, 0.29) is 0 Å². The summed E-state index contributed by atoms with van der Waals surface area (Å²) in [6, 6.07) is 0. The van der Waals surface area contributed by atoms with Gasteiger partial charge in [-0.3, -0.25) is 0 Å². The smallest absolute Gasteiger partial charge is 0.190 e. The van der Waals surface area contributed by atoms with Crippen LogP contribution in [0.5, 0.6) is 0 Å². The van der Waals surface area contributed by atoms with Crippen LogP contribution in [0.2, 0.25) is 0 Å². The average molecular weight is 204 g/mol. The summed E-state index contributed by atoms with van der Waals surface area (Å²) in [6.07, 6.45) is -3.25. The fraction of sp³-hybridized carbons (Fsp3) is 1.00. The van der Waals surface area contributed by atoms with E-state index in [0.29, 0.717) is 0 Å². The van der Waals surface area contributed by atoms with Crippen molar-refractivity contribution in [1.29, 1.82) is 0 Å². The molecule has 2 N–H and O–H groups in total. The van der Waals surface area contributed by atoms with E-state index in [9.17, 15) is 10.2 Å². The second-order valence-electron chi connectivity index (χ2n) is 4.30. The van der Waals surface area contributed by atoms with Gasteiger partial charge < -0.3 is 24.4 Å². The molecule has 2 saturated heterocycles. The molecule has 14 heavy (non-hydrogen) atoms. The highest BCUT2D eigenvalue weighted by atomic mass is 16.8. The molecular weight excluding hydrogens is 188 g/mol. The normalized spacial score (nSPS) is 47.8. The van der Waals surface area contributed by atoms with Crippen LogP contribution in [0.4, 0.5) is 0 Å². The number of rotatable bonds is 1. The van der Waals surface area contributed by atoms with E-state index >= 15 is 0 Å². The quantitative estimate of drug-likeness (QED) is 0.608. The molecule has 0 aliphatic carbocycles. The fourth-order valence-electron chi connectivity index (χ4n) is 1.92.